The molecule has 0 spiro atoms. The standard InChI is InChI=1S/C21H30N5O3PS2/c1-5-14-15(9-17(27-14)26-11-25-18-19(22)23-10-24-20(18)26)28-30(31)29-16-8-13(12(2)3)6-7-21(16,4)32-30/h10-11,13-17H,2,5-9H2,1,3-4H3,(H2,22,23,24)/t13-,14-,15+,16+,17-,21+,30+/m1/s1. The van der Waals surface area contributed by atoms with Gasteiger partial charge in [0.25, 0.3) is 0 Å². The molecule has 7 atom stereocenters. The number of nitrogen functional groups attached to an aromatic ring is 1. The van der Waals surface area contributed by atoms with E-state index in [9.17, 15) is 0 Å². The van der Waals surface area contributed by atoms with Crippen molar-refractivity contribution in [1.82, 2.24) is 19.5 Å². The summed E-state index contributed by atoms with van der Waals surface area (Å²) in [6, 6.07) is 0. The van der Waals surface area contributed by atoms with Crippen molar-refractivity contribution < 1.29 is 13.8 Å². The zero-order valence-electron chi connectivity index (χ0n) is 18.6. The van der Waals surface area contributed by atoms with Crippen LogP contribution in [-0.2, 0) is 25.6 Å². The first-order chi connectivity index (χ1) is 15.2. The molecular formula is C21H30N5O3PS2. The summed E-state index contributed by atoms with van der Waals surface area (Å²) in [5.41, 5.74) is 5.94. The number of hydrogen-bond acceptors (Lipinski definition) is 9. The van der Waals surface area contributed by atoms with Crippen molar-refractivity contribution in [3.8, 4) is 0 Å². The molecule has 11 heteroatoms. The molecule has 2 aromatic rings. The molecule has 2 N–H and O–H groups in total. The highest BCUT2D eigenvalue weighted by molar-refractivity contribution is 8.68. The average molecular weight is 496 g/mol. The van der Waals surface area contributed by atoms with Crippen LogP contribution in [0.1, 0.15) is 59.1 Å². The molecule has 5 rings (SSSR count). The van der Waals surface area contributed by atoms with Gasteiger partial charge >= 0.3 is 0 Å². The molecule has 0 unspecified atom stereocenters. The summed E-state index contributed by atoms with van der Waals surface area (Å²) in [5.74, 6) is 0.864. The molecule has 4 heterocycles. The Hall–Kier alpha value is -1.03. The third-order valence-corrected chi connectivity index (χ3v) is 12.8. The smallest absolute Gasteiger partial charge is 0.248 e. The van der Waals surface area contributed by atoms with Crippen molar-refractivity contribution in [1.29, 1.82) is 0 Å². The largest absolute Gasteiger partial charge is 0.382 e. The van der Waals surface area contributed by atoms with Crippen molar-refractivity contribution in [2.45, 2.75) is 82.2 Å². The Kier molecular flexibility index (Phi) is 5.92. The van der Waals surface area contributed by atoms with E-state index < -0.39 is 5.69 Å². The minimum absolute atomic E-state index is 0.0110. The number of anilines is 1. The van der Waals surface area contributed by atoms with E-state index in [1.807, 2.05) is 4.57 Å². The summed E-state index contributed by atoms with van der Waals surface area (Å²) in [5, 5.41) is 0. The number of hydrogen-bond donors (Lipinski definition) is 1. The van der Waals surface area contributed by atoms with Crippen LogP contribution in [0, 0.1) is 5.92 Å². The van der Waals surface area contributed by atoms with Crippen LogP contribution in [0.15, 0.2) is 24.8 Å². The Labute approximate surface area is 197 Å². The lowest BCUT2D eigenvalue weighted by molar-refractivity contribution is -0.0151. The fourth-order valence-electron chi connectivity index (χ4n) is 5.02. The number of rotatable bonds is 5. The lowest BCUT2D eigenvalue weighted by atomic mass is 9.77. The van der Waals surface area contributed by atoms with Crippen LogP contribution in [-0.4, -0.2) is 42.6 Å². The molecular weight excluding hydrogens is 465 g/mol. The normalized spacial score (nSPS) is 39.4. The molecule has 1 saturated carbocycles. The fraction of sp³-hybridized carbons (Fsp3) is 0.667. The molecule has 3 fully saturated rings. The van der Waals surface area contributed by atoms with Crippen LogP contribution >= 0.6 is 17.1 Å². The van der Waals surface area contributed by atoms with E-state index in [2.05, 4.69) is 42.3 Å². The van der Waals surface area contributed by atoms with Crippen LogP contribution in [0.5, 0.6) is 0 Å². The number of nitrogens with zero attached hydrogens (tertiary/aromatic N) is 4. The average Bonchev–Trinajstić information content (AvgIpc) is 3.40. The molecule has 32 heavy (non-hydrogen) atoms. The third kappa shape index (κ3) is 3.93. The summed E-state index contributed by atoms with van der Waals surface area (Å²) >= 11 is 7.78. The number of aromatic nitrogens is 4. The van der Waals surface area contributed by atoms with E-state index in [1.54, 1.807) is 17.7 Å². The Morgan fingerprint density at radius 2 is 2.25 bits per heavy atom. The van der Waals surface area contributed by atoms with Crippen molar-refractivity contribution in [2.75, 3.05) is 5.73 Å². The molecule has 3 aliphatic rings. The minimum atomic E-state index is -2.49. The van der Waals surface area contributed by atoms with Gasteiger partial charge < -0.3 is 19.5 Å². The Morgan fingerprint density at radius 3 is 3.00 bits per heavy atom. The zero-order valence-corrected chi connectivity index (χ0v) is 21.2. The first-order valence-corrected chi connectivity index (χ1v) is 15.2. The van der Waals surface area contributed by atoms with Crippen LogP contribution < -0.4 is 5.73 Å². The lowest BCUT2D eigenvalue weighted by Gasteiger charge is -2.37. The van der Waals surface area contributed by atoms with E-state index in [-0.39, 0.29) is 29.3 Å². The van der Waals surface area contributed by atoms with Gasteiger partial charge in [-0.2, -0.15) is 0 Å². The second-order valence-corrected chi connectivity index (χ2v) is 15.8. The maximum atomic E-state index is 6.61. The first kappa shape index (κ1) is 22.7. The van der Waals surface area contributed by atoms with E-state index in [1.165, 1.54) is 11.9 Å². The first-order valence-electron chi connectivity index (χ1n) is 11.1. The topological polar surface area (TPSA) is 97.3 Å². The second-order valence-electron chi connectivity index (χ2n) is 9.26. The van der Waals surface area contributed by atoms with Crippen LogP contribution in [0.25, 0.3) is 11.2 Å². The highest BCUT2D eigenvalue weighted by atomic mass is 32.9. The van der Waals surface area contributed by atoms with Gasteiger partial charge in [0, 0.05) is 11.2 Å². The molecule has 0 bridgehead atoms. The number of ether oxygens (including phenoxy) is 1. The SMILES string of the molecule is C=C(C)[C@@H]1CC[C@]2(C)S[P@@](=S)(O[C@H]3C[C@H](n4cnc5c(N)ncnc54)O[C@@H]3CC)O[C@H]2C1. The summed E-state index contributed by atoms with van der Waals surface area (Å²) in [7, 11) is 0. The highest BCUT2D eigenvalue weighted by Gasteiger charge is 2.54. The molecule has 1 aliphatic carbocycles. The summed E-state index contributed by atoms with van der Waals surface area (Å²) in [4.78, 5) is 12.8. The van der Waals surface area contributed by atoms with Crippen LogP contribution in [0.3, 0.4) is 0 Å². The van der Waals surface area contributed by atoms with E-state index in [0.29, 0.717) is 29.3 Å². The summed E-state index contributed by atoms with van der Waals surface area (Å²) in [6.07, 6.45) is 7.49. The molecule has 2 aliphatic heterocycles. The fourth-order valence-corrected chi connectivity index (χ4v) is 12.6. The van der Waals surface area contributed by atoms with Gasteiger partial charge in [0.1, 0.15) is 18.1 Å². The molecule has 2 aromatic heterocycles. The van der Waals surface area contributed by atoms with Gasteiger partial charge in [-0.05, 0) is 57.3 Å². The second kappa shape index (κ2) is 8.32. The molecule has 0 radical (unpaired) electrons. The van der Waals surface area contributed by atoms with Gasteiger partial charge in [-0.25, -0.2) is 15.0 Å². The quantitative estimate of drug-likeness (QED) is 0.455. The maximum Gasteiger partial charge on any atom is 0.248 e. The van der Waals surface area contributed by atoms with Gasteiger partial charge in [0.15, 0.2) is 11.5 Å². The van der Waals surface area contributed by atoms with E-state index >= 15 is 0 Å². The summed E-state index contributed by atoms with van der Waals surface area (Å²) in [6.45, 7) is 10.7. The van der Waals surface area contributed by atoms with Gasteiger partial charge in [0.05, 0.1) is 24.6 Å². The van der Waals surface area contributed by atoms with Crippen LogP contribution in [0.4, 0.5) is 5.82 Å². The Morgan fingerprint density at radius 1 is 1.44 bits per heavy atom. The number of imidazole rings is 1. The van der Waals surface area contributed by atoms with Gasteiger partial charge in [-0.3, -0.25) is 4.57 Å². The van der Waals surface area contributed by atoms with Crippen molar-refractivity contribution in [3.05, 3.63) is 24.8 Å². The van der Waals surface area contributed by atoms with Crippen molar-refractivity contribution in [3.63, 3.8) is 0 Å². The Bertz CT molecular complexity index is 1100. The monoisotopic (exact) mass is 495 g/mol. The number of allylic oxidation sites excluding steroid dienone is 1. The predicted molar refractivity (Wildman–Crippen MR) is 131 cm³/mol. The maximum absolute atomic E-state index is 6.61. The molecule has 174 valence electrons. The molecule has 8 nitrogen and oxygen atoms in total. The Balaban J connectivity index is 1.33. The number of nitrogens with two attached hydrogens (primary N) is 1. The van der Waals surface area contributed by atoms with Crippen molar-refractivity contribution in [2.24, 2.45) is 5.92 Å². The molecule has 0 amide bonds. The van der Waals surface area contributed by atoms with E-state index in [0.717, 1.165) is 25.7 Å². The van der Waals surface area contributed by atoms with Crippen LogP contribution in [0.2, 0.25) is 0 Å². The van der Waals surface area contributed by atoms with Gasteiger partial charge in [0.2, 0.25) is 5.69 Å². The summed E-state index contributed by atoms with van der Waals surface area (Å²) < 4.78 is 21.4. The predicted octanol–water partition coefficient (Wildman–Crippen LogP) is 4.98. The van der Waals surface area contributed by atoms with Crippen molar-refractivity contribution >= 4 is 45.9 Å². The number of fused-ring (bicyclic) bond motifs is 2. The lowest BCUT2D eigenvalue weighted by Crippen LogP contribution is -2.39. The molecule has 2 saturated heterocycles. The van der Waals surface area contributed by atoms with E-state index in [4.69, 9.17) is 31.3 Å². The van der Waals surface area contributed by atoms with Gasteiger partial charge in [-0.1, -0.05) is 30.5 Å². The highest BCUT2D eigenvalue weighted by Crippen LogP contribution is 2.76. The van der Waals surface area contributed by atoms with Gasteiger partial charge in [-0.15, -0.1) is 0 Å². The third-order valence-electron chi connectivity index (χ3n) is 6.99. The minimum Gasteiger partial charge on any atom is -0.382 e. The zero-order chi connectivity index (χ0) is 22.7. The molecule has 0 aromatic carbocycles.